The highest BCUT2D eigenvalue weighted by Crippen LogP contribution is 2.18. The predicted octanol–water partition coefficient (Wildman–Crippen LogP) is 2.93. The molecule has 1 aromatic carbocycles. The number of nitrogens with zero attached hydrogens (tertiary/aromatic N) is 1. The summed E-state index contributed by atoms with van der Waals surface area (Å²) in [5.41, 5.74) is 2.48. The lowest BCUT2D eigenvalue weighted by Gasteiger charge is -2.16. The second-order valence-electron chi connectivity index (χ2n) is 5.99. The Morgan fingerprint density at radius 3 is 2.86 bits per heavy atom. The molecule has 1 atom stereocenters. The molecule has 0 aliphatic carbocycles. The Labute approximate surface area is 136 Å². The summed E-state index contributed by atoms with van der Waals surface area (Å²) < 4.78 is 0. The fourth-order valence-electron chi connectivity index (χ4n) is 2.96. The van der Waals surface area contributed by atoms with Crippen LogP contribution in [0.4, 0.5) is 0 Å². The van der Waals surface area contributed by atoms with Gasteiger partial charge in [0.2, 0.25) is 5.91 Å². The molecule has 3 nitrogen and oxygen atoms in total. The third-order valence-corrected chi connectivity index (χ3v) is 4.88. The van der Waals surface area contributed by atoms with Crippen molar-refractivity contribution in [1.82, 2.24) is 10.2 Å². The number of likely N-dealkylation sites (tertiary alicyclic amines) is 1. The lowest BCUT2D eigenvalue weighted by Crippen LogP contribution is -2.31. The van der Waals surface area contributed by atoms with Gasteiger partial charge < -0.3 is 5.32 Å². The number of hydrogen-bond acceptors (Lipinski definition) is 3. The topological polar surface area (TPSA) is 32.3 Å². The van der Waals surface area contributed by atoms with Gasteiger partial charge in [-0.05, 0) is 46.8 Å². The van der Waals surface area contributed by atoms with Gasteiger partial charge in [0.15, 0.2) is 0 Å². The average molecular weight is 314 g/mol. The van der Waals surface area contributed by atoms with Crippen LogP contribution in [0.3, 0.4) is 0 Å². The Bertz CT molecular complexity index is 582. The van der Waals surface area contributed by atoms with E-state index in [-0.39, 0.29) is 5.91 Å². The Morgan fingerprint density at radius 2 is 2.09 bits per heavy atom. The Morgan fingerprint density at radius 1 is 1.23 bits per heavy atom. The summed E-state index contributed by atoms with van der Waals surface area (Å²) in [7, 11) is 0. The molecule has 0 saturated carbocycles. The standard InChI is InChI=1S/C18H22N2OS/c21-18(10-16-7-9-22-14-16)19-11-17-6-8-20(13-17)12-15-4-2-1-3-5-15/h1-5,7,9,14,17H,6,8,10-13H2,(H,19,21)/t17-/m1/s1. The summed E-state index contributed by atoms with van der Waals surface area (Å²) in [5, 5.41) is 7.14. The first-order valence-corrected chi connectivity index (χ1v) is 8.78. The Hall–Kier alpha value is -1.65. The molecule has 1 aliphatic heterocycles. The van der Waals surface area contributed by atoms with Crippen LogP contribution in [0, 0.1) is 5.92 Å². The minimum absolute atomic E-state index is 0.139. The van der Waals surface area contributed by atoms with Crippen LogP contribution < -0.4 is 5.32 Å². The second-order valence-corrected chi connectivity index (χ2v) is 6.77. The molecule has 0 unspecified atom stereocenters. The summed E-state index contributed by atoms with van der Waals surface area (Å²) in [5.74, 6) is 0.718. The quantitative estimate of drug-likeness (QED) is 0.889. The van der Waals surface area contributed by atoms with Gasteiger partial charge in [-0.2, -0.15) is 11.3 Å². The number of rotatable bonds is 6. The minimum atomic E-state index is 0.139. The highest BCUT2D eigenvalue weighted by molar-refractivity contribution is 7.07. The summed E-state index contributed by atoms with van der Waals surface area (Å²) in [4.78, 5) is 14.4. The van der Waals surface area contributed by atoms with E-state index in [0.717, 1.165) is 31.7 Å². The number of hydrogen-bond donors (Lipinski definition) is 1. The van der Waals surface area contributed by atoms with Gasteiger partial charge in [-0.3, -0.25) is 9.69 Å². The number of carbonyl (C=O) groups is 1. The average Bonchev–Trinajstić information content (AvgIpc) is 3.18. The zero-order chi connectivity index (χ0) is 15.2. The van der Waals surface area contributed by atoms with Gasteiger partial charge in [0, 0.05) is 19.6 Å². The fraction of sp³-hybridized carbons (Fsp3) is 0.389. The van der Waals surface area contributed by atoms with E-state index < -0.39 is 0 Å². The van der Waals surface area contributed by atoms with Gasteiger partial charge >= 0.3 is 0 Å². The van der Waals surface area contributed by atoms with Crippen molar-refractivity contribution in [2.45, 2.75) is 19.4 Å². The molecule has 22 heavy (non-hydrogen) atoms. The van der Waals surface area contributed by atoms with Crippen molar-refractivity contribution in [1.29, 1.82) is 0 Å². The van der Waals surface area contributed by atoms with Crippen molar-refractivity contribution >= 4 is 17.2 Å². The van der Waals surface area contributed by atoms with E-state index in [1.807, 2.05) is 16.8 Å². The van der Waals surface area contributed by atoms with Crippen molar-refractivity contribution in [2.75, 3.05) is 19.6 Å². The summed E-state index contributed by atoms with van der Waals surface area (Å²) in [6.45, 7) is 4.02. The molecule has 1 aliphatic rings. The predicted molar refractivity (Wildman–Crippen MR) is 90.9 cm³/mol. The number of carbonyl (C=O) groups excluding carboxylic acids is 1. The van der Waals surface area contributed by atoms with E-state index in [9.17, 15) is 4.79 Å². The molecule has 1 saturated heterocycles. The summed E-state index contributed by atoms with van der Waals surface area (Å²) in [6, 6.07) is 12.6. The van der Waals surface area contributed by atoms with Crippen LogP contribution in [0.5, 0.6) is 0 Å². The van der Waals surface area contributed by atoms with Crippen molar-refractivity contribution in [3.8, 4) is 0 Å². The molecular formula is C18H22N2OS. The molecule has 1 fully saturated rings. The lowest BCUT2D eigenvalue weighted by molar-refractivity contribution is -0.120. The fourth-order valence-corrected chi connectivity index (χ4v) is 3.63. The molecule has 4 heteroatoms. The third-order valence-electron chi connectivity index (χ3n) is 4.15. The van der Waals surface area contributed by atoms with Crippen LogP contribution in [-0.4, -0.2) is 30.4 Å². The van der Waals surface area contributed by atoms with Gasteiger partial charge in [0.05, 0.1) is 6.42 Å². The van der Waals surface area contributed by atoms with Crippen LogP contribution >= 0.6 is 11.3 Å². The van der Waals surface area contributed by atoms with Crippen LogP contribution in [0.25, 0.3) is 0 Å². The normalized spacial score (nSPS) is 18.5. The highest BCUT2D eigenvalue weighted by Gasteiger charge is 2.22. The van der Waals surface area contributed by atoms with Crippen molar-refractivity contribution in [2.24, 2.45) is 5.92 Å². The molecular weight excluding hydrogens is 292 g/mol. The molecule has 0 spiro atoms. The van der Waals surface area contributed by atoms with Gasteiger partial charge in [-0.15, -0.1) is 0 Å². The largest absolute Gasteiger partial charge is 0.355 e. The molecule has 1 N–H and O–H groups in total. The van der Waals surface area contributed by atoms with E-state index in [1.165, 1.54) is 12.0 Å². The van der Waals surface area contributed by atoms with Gasteiger partial charge in [-0.1, -0.05) is 30.3 Å². The van der Waals surface area contributed by atoms with E-state index in [1.54, 1.807) is 11.3 Å². The molecule has 0 radical (unpaired) electrons. The zero-order valence-corrected chi connectivity index (χ0v) is 13.5. The number of nitrogens with one attached hydrogen (secondary N) is 1. The summed E-state index contributed by atoms with van der Waals surface area (Å²) in [6.07, 6.45) is 1.68. The maximum atomic E-state index is 11.9. The first-order valence-electron chi connectivity index (χ1n) is 7.83. The number of thiophene rings is 1. The van der Waals surface area contributed by atoms with Gasteiger partial charge in [0.25, 0.3) is 0 Å². The van der Waals surface area contributed by atoms with E-state index >= 15 is 0 Å². The van der Waals surface area contributed by atoms with Crippen LogP contribution in [0.2, 0.25) is 0 Å². The molecule has 2 heterocycles. The molecule has 0 bridgehead atoms. The van der Waals surface area contributed by atoms with Crippen LogP contribution in [-0.2, 0) is 17.8 Å². The maximum Gasteiger partial charge on any atom is 0.224 e. The Kier molecular flexibility index (Phi) is 5.24. The highest BCUT2D eigenvalue weighted by atomic mass is 32.1. The van der Waals surface area contributed by atoms with Crippen LogP contribution in [0.15, 0.2) is 47.2 Å². The van der Waals surface area contributed by atoms with Crippen molar-refractivity contribution in [3.63, 3.8) is 0 Å². The van der Waals surface area contributed by atoms with E-state index in [2.05, 4.69) is 40.5 Å². The van der Waals surface area contributed by atoms with Crippen LogP contribution in [0.1, 0.15) is 17.5 Å². The molecule has 3 rings (SSSR count). The first-order chi connectivity index (χ1) is 10.8. The van der Waals surface area contributed by atoms with E-state index in [4.69, 9.17) is 0 Å². The van der Waals surface area contributed by atoms with Gasteiger partial charge in [-0.25, -0.2) is 0 Å². The van der Waals surface area contributed by atoms with Gasteiger partial charge in [0.1, 0.15) is 0 Å². The van der Waals surface area contributed by atoms with Crippen molar-refractivity contribution < 1.29 is 4.79 Å². The number of amides is 1. The zero-order valence-electron chi connectivity index (χ0n) is 12.7. The smallest absolute Gasteiger partial charge is 0.224 e. The maximum absolute atomic E-state index is 11.9. The van der Waals surface area contributed by atoms with Crippen molar-refractivity contribution in [3.05, 3.63) is 58.3 Å². The lowest BCUT2D eigenvalue weighted by atomic mass is 10.1. The minimum Gasteiger partial charge on any atom is -0.355 e. The molecule has 1 amide bonds. The third kappa shape index (κ3) is 4.42. The molecule has 2 aromatic rings. The summed E-state index contributed by atoms with van der Waals surface area (Å²) >= 11 is 1.64. The molecule has 1 aromatic heterocycles. The SMILES string of the molecule is O=C(Cc1ccsc1)NC[C@H]1CCN(Cc2ccccc2)C1. The van der Waals surface area contributed by atoms with E-state index in [0.29, 0.717) is 12.3 Å². The monoisotopic (exact) mass is 314 g/mol. The molecule has 116 valence electrons. The first kappa shape index (κ1) is 15.3. The Balaban J connectivity index is 1.38. The number of benzene rings is 1. The second kappa shape index (κ2) is 7.56.